The first-order chi connectivity index (χ1) is 9.61. The molecule has 2 nitrogen and oxygen atoms in total. The molecule has 0 radical (unpaired) electrons. The Kier molecular flexibility index (Phi) is 5.67. The second-order valence-corrected chi connectivity index (χ2v) is 6.45. The predicted octanol–water partition coefficient (Wildman–Crippen LogP) is 4.38. The summed E-state index contributed by atoms with van der Waals surface area (Å²) in [5.74, 6) is 0.886. The summed E-state index contributed by atoms with van der Waals surface area (Å²) in [7, 11) is 0. The molecule has 1 heterocycles. The molecule has 0 bridgehead atoms. The van der Waals surface area contributed by atoms with Crippen molar-refractivity contribution < 1.29 is 0 Å². The van der Waals surface area contributed by atoms with Crippen LogP contribution in [0.15, 0.2) is 18.2 Å². The normalized spacial score (nSPS) is 19.7. The Hall–Kier alpha value is -0.800. The number of thiocarbonyl (C=S) groups is 1. The van der Waals surface area contributed by atoms with E-state index >= 15 is 0 Å². The van der Waals surface area contributed by atoms with E-state index in [1.54, 1.807) is 0 Å². The minimum Gasteiger partial charge on any atom is -0.389 e. The van der Waals surface area contributed by atoms with Crippen LogP contribution in [0.25, 0.3) is 0 Å². The van der Waals surface area contributed by atoms with Gasteiger partial charge in [-0.2, -0.15) is 0 Å². The van der Waals surface area contributed by atoms with Gasteiger partial charge in [0.1, 0.15) is 4.99 Å². The molecule has 1 fully saturated rings. The molecule has 0 spiro atoms. The van der Waals surface area contributed by atoms with Gasteiger partial charge >= 0.3 is 0 Å². The van der Waals surface area contributed by atoms with Gasteiger partial charge in [0.15, 0.2) is 0 Å². The van der Waals surface area contributed by atoms with E-state index in [9.17, 15) is 0 Å². The molecule has 0 aliphatic carbocycles. The first-order valence-electron chi connectivity index (χ1n) is 7.46. The molecule has 1 saturated heterocycles. The Labute approximate surface area is 132 Å². The number of nitrogens with two attached hydrogens (primary N) is 1. The first kappa shape index (κ1) is 15.6. The van der Waals surface area contributed by atoms with Crippen LogP contribution in [0.5, 0.6) is 0 Å². The van der Waals surface area contributed by atoms with E-state index in [4.69, 9.17) is 29.6 Å². The van der Waals surface area contributed by atoms with Gasteiger partial charge in [0.05, 0.1) is 5.02 Å². The molecule has 0 amide bonds. The van der Waals surface area contributed by atoms with Gasteiger partial charge in [0.2, 0.25) is 0 Å². The highest BCUT2D eigenvalue weighted by atomic mass is 35.5. The van der Waals surface area contributed by atoms with Crippen LogP contribution in [0.2, 0.25) is 5.02 Å². The molecule has 0 aromatic heterocycles. The predicted molar refractivity (Wildman–Crippen MR) is 91.8 cm³/mol. The average molecular weight is 311 g/mol. The maximum Gasteiger partial charge on any atom is 0.105 e. The van der Waals surface area contributed by atoms with Crippen LogP contribution in [-0.2, 0) is 0 Å². The van der Waals surface area contributed by atoms with Crippen molar-refractivity contribution in [2.75, 3.05) is 18.0 Å². The lowest BCUT2D eigenvalue weighted by Crippen LogP contribution is -2.24. The fraction of sp³-hybridized carbons (Fsp3) is 0.562. The van der Waals surface area contributed by atoms with Crippen LogP contribution in [0.1, 0.15) is 44.6 Å². The number of halogens is 1. The third-order valence-corrected chi connectivity index (χ3v) is 4.66. The van der Waals surface area contributed by atoms with Crippen LogP contribution >= 0.6 is 23.8 Å². The molecule has 4 heteroatoms. The Balaban J connectivity index is 2.08. The summed E-state index contributed by atoms with van der Waals surface area (Å²) in [5, 5.41) is 0.657. The van der Waals surface area contributed by atoms with E-state index in [0.717, 1.165) is 24.6 Å². The molecule has 1 aliphatic rings. The average Bonchev–Trinajstić information content (AvgIpc) is 2.64. The van der Waals surface area contributed by atoms with Crippen molar-refractivity contribution in [2.45, 2.75) is 39.0 Å². The molecule has 2 N–H and O–H groups in total. The highest BCUT2D eigenvalue weighted by Gasteiger charge is 2.17. The zero-order valence-corrected chi connectivity index (χ0v) is 13.6. The molecule has 1 aromatic rings. The van der Waals surface area contributed by atoms with Gasteiger partial charge < -0.3 is 10.6 Å². The number of rotatable bonds is 4. The molecular weight excluding hydrogens is 288 g/mol. The largest absolute Gasteiger partial charge is 0.389 e. The maximum atomic E-state index is 6.27. The fourth-order valence-corrected chi connectivity index (χ4v) is 3.53. The summed E-state index contributed by atoms with van der Waals surface area (Å²) < 4.78 is 0. The van der Waals surface area contributed by atoms with E-state index in [1.807, 2.05) is 12.1 Å². The third kappa shape index (κ3) is 3.86. The van der Waals surface area contributed by atoms with Gasteiger partial charge in [0, 0.05) is 24.3 Å². The smallest absolute Gasteiger partial charge is 0.105 e. The van der Waals surface area contributed by atoms with Gasteiger partial charge in [0.25, 0.3) is 0 Å². The highest BCUT2D eigenvalue weighted by Crippen LogP contribution is 2.28. The van der Waals surface area contributed by atoms with Crippen molar-refractivity contribution in [1.82, 2.24) is 0 Å². The zero-order chi connectivity index (χ0) is 14.5. The summed E-state index contributed by atoms with van der Waals surface area (Å²) in [5.41, 5.74) is 7.61. The Morgan fingerprint density at radius 1 is 1.40 bits per heavy atom. The van der Waals surface area contributed by atoms with Crippen molar-refractivity contribution in [3.8, 4) is 0 Å². The molecule has 20 heavy (non-hydrogen) atoms. The molecule has 0 saturated carbocycles. The molecular formula is C16H23ClN2S. The molecule has 1 atom stereocenters. The zero-order valence-electron chi connectivity index (χ0n) is 12.1. The van der Waals surface area contributed by atoms with Gasteiger partial charge in [-0.25, -0.2) is 0 Å². The molecule has 2 rings (SSSR count). The van der Waals surface area contributed by atoms with Crippen molar-refractivity contribution >= 4 is 34.5 Å². The number of benzene rings is 1. The van der Waals surface area contributed by atoms with E-state index in [-0.39, 0.29) is 0 Å². The van der Waals surface area contributed by atoms with Gasteiger partial charge in [-0.15, -0.1) is 0 Å². The highest BCUT2D eigenvalue weighted by molar-refractivity contribution is 7.80. The van der Waals surface area contributed by atoms with E-state index in [0.29, 0.717) is 10.0 Å². The fourth-order valence-electron chi connectivity index (χ4n) is 3.02. The molecule has 1 aliphatic heterocycles. The van der Waals surface area contributed by atoms with E-state index < -0.39 is 0 Å². The number of anilines is 1. The SMILES string of the molecule is CCCC1CCCN(c2ccc(C(N)=S)c(Cl)c2)CC1. The Morgan fingerprint density at radius 2 is 2.20 bits per heavy atom. The Bertz CT molecular complexity index is 476. The summed E-state index contributed by atoms with van der Waals surface area (Å²) in [6, 6.07) is 6.02. The summed E-state index contributed by atoms with van der Waals surface area (Å²) >= 11 is 11.3. The first-order valence-corrected chi connectivity index (χ1v) is 8.24. The topological polar surface area (TPSA) is 29.3 Å². The van der Waals surface area contributed by atoms with E-state index in [2.05, 4.69) is 17.9 Å². The van der Waals surface area contributed by atoms with Crippen LogP contribution in [0.3, 0.4) is 0 Å². The quantitative estimate of drug-likeness (QED) is 0.837. The molecule has 110 valence electrons. The number of nitrogens with zero attached hydrogens (tertiary/aromatic N) is 1. The lowest BCUT2D eigenvalue weighted by atomic mass is 9.96. The standard InChI is InChI=1S/C16H23ClN2S/c1-2-4-12-5-3-9-19(10-8-12)13-6-7-14(16(18)20)15(17)11-13/h6-7,11-12H,2-5,8-10H2,1H3,(H2,18,20). The minimum atomic E-state index is 0.362. The van der Waals surface area contributed by atoms with Gasteiger partial charge in [-0.05, 0) is 43.4 Å². The number of hydrogen-bond donors (Lipinski definition) is 1. The van der Waals surface area contributed by atoms with Gasteiger partial charge in [-0.1, -0.05) is 43.6 Å². The van der Waals surface area contributed by atoms with Gasteiger partial charge in [-0.3, -0.25) is 0 Å². The van der Waals surface area contributed by atoms with Crippen LogP contribution in [0.4, 0.5) is 5.69 Å². The Morgan fingerprint density at radius 3 is 2.85 bits per heavy atom. The van der Waals surface area contributed by atoms with Crippen LogP contribution in [-0.4, -0.2) is 18.1 Å². The maximum absolute atomic E-state index is 6.27. The lowest BCUT2D eigenvalue weighted by Gasteiger charge is -2.23. The summed E-state index contributed by atoms with van der Waals surface area (Å²) in [6.45, 7) is 4.51. The number of hydrogen-bond acceptors (Lipinski definition) is 2. The second kappa shape index (κ2) is 7.28. The monoisotopic (exact) mass is 310 g/mol. The van der Waals surface area contributed by atoms with Crippen LogP contribution in [0, 0.1) is 5.92 Å². The third-order valence-electron chi connectivity index (χ3n) is 4.13. The van der Waals surface area contributed by atoms with Crippen molar-refractivity contribution in [1.29, 1.82) is 0 Å². The second-order valence-electron chi connectivity index (χ2n) is 5.60. The van der Waals surface area contributed by atoms with Crippen molar-refractivity contribution in [3.05, 3.63) is 28.8 Å². The summed E-state index contributed by atoms with van der Waals surface area (Å²) in [6.07, 6.45) is 6.54. The van der Waals surface area contributed by atoms with E-state index in [1.165, 1.54) is 37.8 Å². The lowest BCUT2D eigenvalue weighted by molar-refractivity contribution is 0.435. The van der Waals surface area contributed by atoms with Crippen LogP contribution < -0.4 is 10.6 Å². The summed E-state index contributed by atoms with van der Waals surface area (Å²) in [4.78, 5) is 2.80. The van der Waals surface area contributed by atoms with Crippen molar-refractivity contribution in [2.24, 2.45) is 11.7 Å². The minimum absolute atomic E-state index is 0.362. The molecule has 1 unspecified atom stereocenters. The van der Waals surface area contributed by atoms with Crippen molar-refractivity contribution in [3.63, 3.8) is 0 Å². The molecule has 1 aromatic carbocycles.